The van der Waals surface area contributed by atoms with Crippen molar-refractivity contribution < 1.29 is 0 Å². The van der Waals surface area contributed by atoms with Crippen LogP contribution in [0.4, 0.5) is 5.69 Å². The zero-order chi connectivity index (χ0) is 15.9. The Bertz CT molecular complexity index is 597. The smallest absolute Gasteiger partial charge is 0.0737 e. The summed E-state index contributed by atoms with van der Waals surface area (Å²) < 4.78 is 0. The minimum absolute atomic E-state index is 0. The van der Waals surface area contributed by atoms with Gasteiger partial charge < -0.3 is 5.32 Å². The monoisotopic (exact) mass is 354 g/mol. The molecule has 128 valence electrons. The number of hydrogen-bond donors (Lipinski definition) is 1. The fraction of sp³-hybridized carbons (Fsp3) is 0.526. The molecular formula is C19H28Cl2N2. The van der Waals surface area contributed by atoms with Crippen molar-refractivity contribution >= 4 is 40.6 Å². The second-order valence-electron chi connectivity index (χ2n) is 6.18. The Labute approximate surface area is 151 Å². The van der Waals surface area contributed by atoms with E-state index in [0.717, 1.165) is 27.5 Å². The number of pyridine rings is 1. The summed E-state index contributed by atoms with van der Waals surface area (Å²) in [7, 11) is 0. The molecule has 0 saturated carbocycles. The van der Waals surface area contributed by atoms with Crippen LogP contribution in [0.3, 0.4) is 0 Å². The first kappa shape index (κ1) is 20.1. The lowest BCUT2D eigenvalue weighted by molar-refractivity contribution is 0.428. The summed E-state index contributed by atoms with van der Waals surface area (Å²) in [5, 5.41) is 5.50. The van der Waals surface area contributed by atoms with E-state index in [1.165, 1.54) is 32.1 Å². The number of hydrogen-bond acceptors (Lipinski definition) is 2. The lowest BCUT2D eigenvalue weighted by Crippen LogP contribution is -2.15. The summed E-state index contributed by atoms with van der Waals surface area (Å²) in [5.41, 5.74) is 2.10. The van der Waals surface area contributed by atoms with Gasteiger partial charge in [0.2, 0.25) is 0 Å². The van der Waals surface area contributed by atoms with Crippen molar-refractivity contribution in [1.29, 1.82) is 0 Å². The topological polar surface area (TPSA) is 24.9 Å². The molecule has 0 saturated heterocycles. The quantitative estimate of drug-likeness (QED) is 0.569. The van der Waals surface area contributed by atoms with Gasteiger partial charge in [0, 0.05) is 28.3 Å². The van der Waals surface area contributed by atoms with Crippen molar-refractivity contribution in [2.75, 3.05) is 5.32 Å². The maximum absolute atomic E-state index is 6.04. The number of nitrogens with zero attached hydrogens (tertiary/aromatic N) is 1. The van der Waals surface area contributed by atoms with Gasteiger partial charge in [0.15, 0.2) is 0 Å². The van der Waals surface area contributed by atoms with Crippen molar-refractivity contribution in [3.05, 3.63) is 35.5 Å². The molecule has 0 aliphatic rings. The van der Waals surface area contributed by atoms with Gasteiger partial charge in [-0.1, -0.05) is 51.1 Å². The van der Waals surface area contributed by atoms with Gasteiger partial charge in [-0.15, -0.1) is 12.4 Å². The van der Waals surface area contributed by atoms with E-state index in [1.807, 2.05) is 30.5 Å². The molecule has 0 aliphatic carbocycles. The van der Waals surface area contributed by atoms with Crippen LogP contribution in [0.5, 0.6) is 0 Å². The molecule has 0 aliphatic heterocycles. The molecule has 2 nitrogen and oxygen atoms in total. The summed E-state index contributed by atoms with van der Waals surface area (Å²) in [6, 6.07) is 8.40. The van der Waals surface area contributed by atoms with Crippen LogP contribution in [-0.4, -0.2) is 11.0 Å². The van der Waals surface area contributed by atoms with Crippen LogP contribution in [0.15, 0.2) is 30.5 Å². The summed E-state index contributed by atoms with van der Waals surface area (Å²) in [4.78, 5) is 4.39. The van der Waals surface area contributed by atoms with Crippen molar-refractivity contribution in [3.63, 3.8) is 0 Å². The molecule has 23 heavy (non-hydrogen) atoms. The van der Waals surface area contributed by atoms with Gasteiger partial charge in [-0.05, 0) is 43.5 Å². The van der Waals surface area contributed by atoms with Gasteiger partial charge in [0.25, 0.3) is 0 Å². The Kier molecular flexibility index (Phi) is 8.72. The summed E-state index contributed by atoms with van der Waals surface area (Å²) in [5.74, 6) is 0.885. The molecule has 2 aromatic rings. The number of fused-ring (bicyclic) bond motifs is 1. The number of halogens is 2. The normalized spacial score (nSPS) is 12.2. The lowest BCUT2D eigenvalue weighted by Gasteiger charge is -2.18. The van der Waals surface area contributed by atoms with Gasteiger partial charge in [0.1, 0.15) is 0 Å². The molecule has 0 fully saturated rings. The largest absolute Gasteiger partial charge is 0.382 e. The first-order chi connectivity index (χ1) is 10.6. The van der Waals surface area contributed by atoms with Crippen molar-refractivity contribution in [3.8, 4) is 0 Å². The predicted molar refractivity (Wildman–Crippen MR) is 105 cm³/mol. The van der Waals surface area contributed by atoms with Crippen LogP contribution in [0.25, 0.3) is 10.9 Å². The average Bonchev–Trinajstić information content (AvgIpc) is 2.51. The van der Waals surface area contributed by atoms with E-state index >= 15 is 0 Å². The van der Waals surface area contributed by atoms with E-state index < -0.39 is 0 Å². The second-order valence-corrected chi connectivity index (χ2v) is 6.62. The highest BCUT2D eigenvalue weighted by Crippen LogP contribution is 2.25. The maximum Gasteiger partial charge on any atom is 0.0737 e. The minimum Gasteiger partial charge on any atom is -0.382 e. The molecule has 1 N–H and O–H groups in total. The van der Waals surface area contributed by atoms with E-state index in [9.17, 15) is 0 Å². The Morgan fingerprint density at radius 3 is 2.57 bits per heavy atom. The molecule has 0 spiro atoms. The van der Waals surface area contributed by atoms with Crippen LogP contribution < -0.4 is 5.32 Å². The van der Waals surface area contributed by atoms with Crippen molar-refractivity contribution in [2.24, 2.45) is 5.92 Å². The molecule has 0 radical (unpaired) electrons. The fourth-order valence-corrected chi connectivity index (χ4v) is 3.16. The highest BCUT2D eigenvalue weighted by atomic mass is 35.5. The average molecular weight is 355 g/mol. The van der Waals surface area contributed by atoms with E-state index in [4.69, 9.17) is 11.6 Å². The number of aromatic nitrogens is 1. The first-order valence-corrected chi connectivity index (χ1v) is 8.82. The first-order valence-electron chi connectivity index (χ1n) is 8.44. The highest BCUT2D eigenvalue weighted by Gasteiger charge is 2.08. The maximum atomic E-state index is 6.04. The molecule has 1 aromatic heterocycles. The Morgan fingerprint density at radius 2 is 1.87 bits per heavy atom. The van der Waals surface area contributed by atoms with Crippen LogP contribution in [0.2, 0.25) is 5.02 Å². The predicted octanol–water partition coefficient (Wildman–Crippen LogP) is 6.72. The second kappa shape index (κ2) is 10.00. The van der Waals surface area contributed by atoms with Gasteiger partial charge in [-0.3, -0.25) is 4.98 Å². The third-order valence-corrected chi connectivity index (χ3v) is 4.75. The molecule has 4 heteroatoms. The number of benzene rings is 1. The standard InChI is InChI=1S/C19H27ClN2.ClH/c1-4-15(5-2)8-6-7-14(3)22-18-11-12-21-19-13-16(20)9-10-17(18)19;/h9-15H,4-8H2,1-3H3,(H,21,22);1H. The molecule has 1 unspecified atom stereocenters. The Morgan fingerprint density at radius 1 is 1.13 bits per heavy atom. The summed E-state index contributed by atoms with van der Waals surface area (Å²) in [6.07, 6.45) is 8.27. The summed E-state index contributed by atoms with van der Waals surface area (Å²) in [6.45, 7) is 6.85. The molecular weight excluding hydrogens is 327 g/mol. The fourth-order valence-electron chi connectivity index (χ4n) is 2.99. The van der Waals surface area contributed by atoms with E-state index in [-0.39, 0.29) is 12.4 Å². The molecule has 0 bridgehead atoms. The molecule has 0 amide bonds. The third kappa shape index (κ3) is 5.86. The van der Waals surface area contributed by atoms with E-state index in [2.05, 4.69) is 31.1 Å². The summed E-state index contributed by atoms with van der Waals surface area (Å²) >= 11 is 6.04. The van der Waals surface area contributed by atoms with Crippen LogP contribution >= 0.6 is 24.0 Å². The van der Waals surface area contributed by atoms with Crippen LogP contribution in [0.1, 0.15) is 52.9 Å². The van der Waals surface area contributed by atoms with Crippen molar-refractivity contribution in [1.82, 2.24) is 4.98 Å². The Hall–Kier alpha value is -0.990. The van der Waals surface area contributed by atoms with Gasteiger partial charge >= 0.3 is 0 Å². The van der Waals surface area contributed by atoms with Gasteiger partial charge in [-0.2, -0.15) is 0 Å². The lowest BCUT2D eigenvalue weighted by atomic mass is 9.95. The van der Waals surface area contributed by atoms with E-state index in [0.29, 0.717) is 6.04 Å². The Balaban J connectivity index is 0.00000264. The third-order valence-electron chi connectivity index (χ3n) is 4.51. The highest BCUT2D eigenvalue weighted by molar-refractivity contribution is 6.31. The zero-order valence-electron chi connectivity index (χ0n) is 14.3. The number of rotatable bonds is 8. The van der Waals surface area contributed by atoms with Gasteiger partial charge in [-0.25, -0.2) is 0 Å². The zero-order valence-corrected chi connectivity index (χ0v) is 15.9. The molecule has 2 rings (SSSR count). The van der Waals surface area contributed by atoms with Gasteiger partial charge in [0.05, 0.1) is 5.52 Å². The molecule has 1 heterocycles. The van der Waals surface area contributed by atoms with Crippen LogP contribution in [-0.2, 0) is 0 Å². The SMILES string of the molecule is CCC(CC)CCCC(C)Nc1ccnc2cc(Cl)ccc12.Cl. The van der Waals surface area contributed by atoms with Crippen LogP contribution in [0, 0.1) is 5.92 Å². The number of anilines is 1. The van der Waals surface area contributed by atoms with Crippen molar-refractivity contribution in [2.45, 2.75) is 58.9 Å². The number of nitrogens with one attached hydrogen (secondary N) is 1. The van der Waals surface area contributed by atoms with E-state index in [1.54, 1.807) is 0 Å². The minimum atomic E-state index is 0. The molecule has 1 aromatic carbocycles. The molecule has 1 atom stereocenters.